The van der Waals surface area contributed by atoms with E-state index >= 15 is 0 Å². The first kappa shape index (κ1) is 16.4. The van der Waals surface area contributed by atoms with E-state index in [4.69, 9.17) is 0 Å². The van der Waals surface area contributed by atoms with Crippen LogP contribution in [0.1, 0.15) is 23.6 Å². The van der Waals surface area contributed by atoms with Gasteiger partial charge in [0.15, 0.2) is 0 Å². The molecule has 1 fully saturated rings. The summed E-state index contributed by atoms with van der Waals surface area (Å²) in [6.45, 7) is 3.31. The highest BCUT2D eigenvalue weighted by Crippen LogP contribution is 2.22. The van der Waals surface area contributed by atoms with Gasteiger partial charge in [0.1, 0.15) is 6.04 Å². The number of hydrogen-bond acceptors (Lipinski definition) is 5. The number of nitrogens with one attached hydrogen (secondary N) is 4. The molecule has 0 saturated carbocycles. The summed E-state index contributed by atoms with van der Waals surface area (Å²) in [6, 6.07) is 12.2. The second kappa shape index (κ2) is 7.90. The molecule has 1 aromatic carbocycles. The van der Waals surface area contributed by atoms with E-state index < -0.39 is 0 Å². The number of anilines is 1. The second-order valence-corrected chi connectivity index (χ2v) is 6.00. The molecule has 1 amide bonds. The zero-order valence-electron chi connectivity index (χ0n) is 13.8. The van der Waals surface area contributed by atoms with Crippen LogP contribution in [0.3, 0.4) is 0 Å². The molecule has 24 heavy (non-hydrogen) atoms. The van der Waals surface area contributed by atoms with Crippen molar-refractivity contribution in [3.63, 3.8) is 0 Å². The van der Waals surface area contributed by atoms with E-state index in [0.29, 0.717) is 13.1 Å². The smallest absolute Gasteiger partial charge is 0.238 e. The molecule has 0 radical (unpaired) electrons. The molecule has 126 valence electrons. The van der Waals surface area contributed by atoms with Crippen LogP contribution in [0.4, 0.5) is 5.69 Å². The van der Waals surface area contributed by atoms with Gasteiger partial charge in [0.05, 0.1) is 5.69 Å². The zero-order valence-corrected chi connectivity index (χ0v) is 13.8. The number of aryl methyl sites for hydroxylation is 1. The van der Waals surface area contributed by atoms with E-state index in [1.807, 2.05) is 12.1 Å². The molecule has 6 heteroatoms. The van der Waals surface area contributed by atoms with Gasteiger partial charge < -0.3 is 10.6 Å². The Morgan fingerprint density at radius 2 is 2.04 bits per heavy atom. The Morgan fingerprint density at radius 3 is 2.79 bits per heavy atom. The van der Waals surface area contributed by atoms with E-state index in [1.54, 1.807) is 12.4 Å². The van der Waals surface area contributed by atoms with Gasteiger partial charge in [0.25, 0.3) is 0 Å². The lowest BCUT2D eigenvalue weighted by atomic mass is 10.0. The van der Waals surface area contributed by atoms with Crippen molar-refractivity contribution in [3.05, 3.63) is 59.9 Å². The third-order valence-corrected chi connectivity index (χ3v) is 4.11. The molecule has 2 aromatic rings. The second-order valence-electron chi connectivity index (χ2n) is 6.00. The van der Waals surface area contributed by atoms with Crippen molar-refractivity contribution in [2.45, 2.75) is 25.4 Å². The Morgan fingerprint density at radius 1 is 1.21 bits per heavy atom. The summed E-state index contributed by atoms with van der Waals surface area (Å²) in [4.78, 5) is 16.3. The molecule has 0 spiro atoms. The third kappa shape index (κ3) is 4.31. The average Bonchev–Trinajstić information content (AvgIpc) is 3.10. The van der Waals surface area contributed by atoms with Crippen LogP contribution in [0.15, 0.2) is 48.8 Å². The first-order valence-corrected chi connectivity index (χ1v) is 8.21. The Kier molecular flexibility index (Phi) is 5.40. The number of hydrazine groups is 1. The van der Waals surface area contributed by atoms with Crippen LogP contribution in [0.5, 0.6) is 0 Å². The lowest BCUT2D eigenvalue weighted by molar-refractivity contribution is -0.122. The first-order valence-electron chi connectivity index (χ1n) is 8.21. The van der Waals surface area contributed by atoms with Gasteiger partial charge in [-0.05, 0) is 31.0 Å². The number of aromatic nitrogens is 1. The fourth-order valence-electron chi connectivity index (χ4n) is 2.73. The van der Waals surface area contributed by atoms with Gasteiger partial charge in [0.2, 0.25) is 5.91 Å². The van der Waals surface area contributed by atoms with Crippen molar-refractivity contribution in [1.29, 1.82) is 0 Å². The SMILES string of the molecule is Cc1ccc(C2CC(C(=O)NCCNc3cccnc3)NN2)cc1. The fourth-order valence-corrected chi connectivity index (χ4v) is 2.73. The summed E-state index contributed by atoms with van der Waals surface area (Å²) in [5.41, 5.74) is 9.67. The maximum atomic E-state index is 12.2. The van der Waals surface area contributed by atoms with Gasteiger partial charge in [-0.1, -0.05) is 29.8 Å². The fraction of sp³-hybridized carbons (Fsp3) is 0.333. The maximum Gasteiger partial charge on any atom is 0.238 e. The summed E-state index contributed by atoms with van der Waals surface area (Å²) >= 11 is 0. The van der Waals surface area contributed by atoms with Crippen LogP contribution >= 0.6 is 0 Å². The quantitative estimate of drug-likeness (QED) is 0.606. The van der Waals surface area contributed by atoms with Gasteiger partial charge >= 0.3 is 0 Å². The van der Waals surface area contributed by atoms with Crippen LogP contribution in [0, 0.1) is 6.92 Å². The molecule has 1 saturated heterocycles. The Labute approximate surface area is 142 Å². The summed E-state index contributed by atoms with van der Waals surface area (Å²) in [6.07, 6.45) is 4.23. The van der Waals surface area contributed by atoms with Gasteiger partial charge in [0, 0.05) is 31.5 Å². The Balaban J connectivity index is 1.40. The number of carbonyl (C=O) groups excluding carboxylic acids is 1. The number of carbonyl (C=O) groups is 1. The standard InChI is InChI=1S/C18H23N5O/c1-13-4-6-14(7-5-13)16-11-17(23-22-16)18(24)21-10-9-20-15-3-2-8-19-12-15/h2-8,12,16-17,20,22-23H,9-11H2,1H3,(H,21,24). The summed E-state index contributed by atoms with van der Waals surface area (Å²) in [5.74, 6) is 0.0186. The molecule has 1 aliphatic heterocycles. The number of rotatable bonds is 6. The van der Waals surface area contributed by atoms with Crippen molar-refractivity contribution in [1.82, 2.24) is 21.2 Å². The average molecular weight is 325 g/mol. The van der Waals surface area contributed by atoms with Crippen LogP contribution in [-0.4, -0.2) is 30.0 Å². The van der Waals surface area contributed by atoms with Gasteiger partial charge in [-0.2, -0.15) is 0 Å². The normalized spacial score (nSPS) is 19.9. The minimum absolute atomic E-state index is 0.0186. The molecule has 0 bridgehead atoms. The molecule has 2 atom stereocenters. The molecule has 4 N–H and O–H groups in total. The maximum absolute atomic E-state index is 12.2. The van der Waals surface area contributed by atoms with Crippen molar-refractivity contribution >= 4 is 11.6 Å². The minimum Gasteiger partial charge on any atom is -0.382 e. The lowest BCUT2D eigenvalue weighted by Crippen LogP contribution is -2.44. The molecular weight excluding hydrogens is 302 g/mol. The highest BCUT2D eigenvalue weighted by atomic mass is 16.2. The van der Waals surface area contributed by atoms with Gasteiger partial charge in [-0.3, -0.25) is 9.78 Å². The van der Waals surface area contributed by atoms with Crippen molar-refractivity contribution in [2.75, 3.05) is 18.4 Å². The van der Waals surface area contributed by atoms with Crippen LogP contribution < -0.4 is 21.5 Å². The summed E-state index contributed by atoms with van der Waals surface area (Å²) < 4.78 is 0. The first-order chi connectivity index (χ1) is 11.7. The molecule has 1 aromatic heterocycles. The highest BCUT2D eigenvalue weighted by Gasteiger charge is 2.29. The third-order valence-electron chi connectivity index (χ3n) is 4.11. The number of amides is 1. The van der Waals surface area contributed by atoms with Crippen LogP contribution in [0.25, 0.3) is 0 Å². The van der Waals surface area contributed by atoms with Crippen LogP contribution in [0.2, 0.25) is 0 Å². The summed E-state index contributed by atoms with van der Waals surface area (Å²) in [7, 11) is 0. The number of hydrogen-bond donors (Lipinski definition) is 4. The van der Waals surface area contributed by atoms with E-state index in [2.05, 4.69) is 57.7 Å². The molecule has 2 heterocycles. The highest BCUT2D eigenvalue weighted by molar-refractivity contribution is 5.82. The van der Waals surface area contributed by atoms with E-state index in [0.717, 1.165) is 12.1 Å². The largest absolute Gasteiger partial charge is 0.382 e. The van der Waals surface area contributed by atoms with Gasteiger partial charge in [-0.15, -0.1) is 0 Å². The Hall–Kier alpha value is -2.44. The van der Waals surface area contributed by atoms with E-state index in [1.165, 1.54) is 11.1 Å². The van der Waals surface area contributed by atoms with Crippen molar-refractivity contribution in [2.24, 2.45) is 0 Å². The van der Waals surface area contributed by atoms with Crippen LogP contribution in [-0.2, 0) is 4.79 Å². The molecule has 0 aliphatic carbocycles. The number of benzene rings is 1. The lowest BCUT2D eigenvalue weighted by Gasteiger charge is -2.11. The molecule has 2 unspecified atom stereocenters. The Bertz CT molecular complexity index is 659. The monoisotopic (exact) mass is 325 g/mol. The predicted octanol–water partition coefficient (Wildman–Crippen LogP) is 1.53. The van der Waals surface area contributed by atoms with Gasteiger partial charge in [-0.25, -0.2) is 10.9 Å². The van der Waals surface area contributed by atoms with Crippen molar-refractivity contribution in [3.8, 4) is 0 Å². The number of nitrogens with zero attached hydrogens (tertiary/aromatic N) is 1. The zero-order chi connectivity index (χ0) is 16.8. The molecular formula is C18H23N5O. The van der Waals surface area contributed by atoms with E-state index in [-0.39, 0.29) is 18.0 Å². The minimum atomic E-state index is -0.213. The van der Waals surface area contributed by atoms with E-state index in [9.17, 15) is 4.79 Å². The number of pyridine rings is 1. The van der Waals surface area contributed by atoms with Crippen molar-refractivity contribution < 1.29 is 4.79 Å². The molecule has 6 nitrogen and oxygen atoms in total. The summed E-state index contributed by atoms with van der Waals surface area (Å²) in [5, 5.41) is 6.17. The molecule has 1 aliphatic rings. The molecule has 3 rings (SSSR count). The topological polar surface area (TPSA) is 78.1 Å². The predicted molar refractivity (Wildman–Crippen MR) is 94.3 cm³/mol.